The molecule has 0 spiro atoms. The molecule has 222 valence electrons. The van der Waals surface area contributed by atoms with Crippen LogP contribution in [0.15, 0.2) is 59.8 Å². The number of aryl methyl sites for hydroxylation is 1. The number of nitrogens with zero attached hydrogens (tertiary/aromatic N) is 4. The van der Waals surface area contributed by atoms with Gasteiger partial charge in [0, 0.05) is 25.0 Å². The van der Waals surface area contributed by atoms with E-state index in [2.05, 4.69) is 15.4 Å². The predicted octanol–water partition coefficient (Wildman–Crippen LogP) is 4.92. The lowest BCUT2D eigenvalue weighted by atomic mass is 9.89. The van der Waals surface area contributed by atoms with E-state index >= 15 is 0 Å². The lowest BCUT2D eigenvalue weighted by Crippen LogP contribution is -2.38. The number of aromatic nitrogens is 3. The summed E-state index contributed by atoms with van der Waals surface area (Å²) in [7, 11) is -4.68. The van der Waals surface area contributed by atoms with E-state index in [9.17, 15) is 35.2 Å². The van der Waals surface area contributed by atoms with Crippen LogP contribution in [0, 0.1) is 18.6 Å². The van der Waals surface area contributed by atoms with Crippen LogP contribution in [0.5, 0.6) is 0 Å². The van der Waals surface area contributed by atoms with Crippen molar-refractivity contribution in [3.63, 3.8) is 0 Å². The molecule has 3 heterocycles. The molecule has 0 atom stereocenters. The molecule has 1 aliphatic heterocycles. The van der Waals surface area contributed by atoms with Gasteiger partial charge in [-0.2, -0.15) is 22.8 Å². The molecule has 2 aromatic carbocycles. The number of piperidine rings is 1. The maximum Gasteiger partial charge on any atom is 0.402 e. The second kappa shape index (κ2) is 11.3. The number of benzene rings is 2. The molecule has 9 nitrogen and oxygen atoms in total. The van der Waals surface area contributed by atoms with Gasteiger partial charge in [-0.25, -0.2) is 26.9 Å². The monoisotopic (exact) mass is 608 g/mol. The van der Waals surface area contributed by atoms with Crippen molar-refractivity contribution in [2.24, 2.45) is 0 Å². The third-order valence-electron chi connectivity index (χ3n) is 7.04. The Labute approximate surface area is 237 Å². The molecule has 42 heavy (non-hydrogen) atoms. The van der Waals surface area contributed by atoms with E-state index in [0.717, 1.165) is 22.5 Å². The first-order valence-corrected chi connectivity index (χ1v) is 14.3. The van der Waals surface area contributed by atoms with Gasteiger partial charge < -0.3 is 10.2 Å². The average molecular weight is 609 g/mol. The number of nitrogens with one attached hydrogen (secondary N) is 2. The molecule has 0 bridgehead atoms. The molecule has 2 N–H and O–H groups in total. The van der Waals surface area contributed by atoms with Crippen molar-refractivity contribution in [1.29, 1.82) is 0 Å². The van der Waals surface area contributed by atoms with Crippen LogP contribution >= 0.6 is 0 Å². The summed E-state index contributed by atoms with van der Waals surface area (Å²) < 4.78 is 93.1. The quantitative estimate of drug-likeness (QED) is 0.289. The Morgan fingerprint density at radius 3 is 2.33 bits per heavy atom. The van der Waals surface area contributed by atoms with Gasteiger partial charge in [-0.05, 0) is 67.1 Å². The topological polar surface area (TPSA) is 109 Å². The van der Waals surface area contributed by atoms with Gasteiger partial charge in [-0.1, -0.05) is 12.1 Å². The Hall–Kier alpha value is -4.11. The summed E-state index contributed by atoms with van der Waals surface area (Å²) in [6.45, 7) is 0.560. The van der Waals surface area contributed by atoms with Crippen LogP contribution in [0.25, 0.3) is 5.65 Å². The molecule has 2 aromatic heterocycles. The molecule has 15 heteroatoms. The molecule has 5 rings (SSSR count). The largest absolute Gasteiger partial charge is 0.402 e. The normalized spacial score (nSPS) is 14.9. The molecule has 1 fully saturated rings. The maximum absolute atomic E-state index is 13.8. The van der Waals surface area contributed by atoms with Crippen molar-refractivity contribution in [2.45, 2.75) is 36.8 Å². The minimum atomic E-state index is -4.79. The highest BCUT2D eigenvalue weighted by Crippen LogP contribution is 2.32. The number of fused-ring (bicyclic) bond motifs is 1. The molecule has 0 saturated carbocycles. The van der Waals surface area contributed by atoms with Gasteiger partial charge in [0.25, 0.3) is 5.91 Å². The summed E-state index contributed by atoms with van der Waals surface area (Å²) in [5.41, 5.74) is 1.50. The molecule has 0 aliphatic carbocycles. The highest BCUT2D eigenvalue weighted by atomic mass is 32.2. The number of halogens is 5. The first-order valence-electron chi connectivity index (χ1n) is 12.8. The van der Waals surface area contributed by atoms with Crippen molar-refractivity contribution < 1.29 is 35.2 Å². The number of carbonyl (C=O) groups excluding carboxylic acids is 1. The van der Waals surface area contributed by atoms with Crippen molar-refractivity contribution in [3.8, 4) is 0 Å². The van der Waals surface area contributed by atoms with E-state index in [1.54, 1.807) is 24.0 Å². The highest BCUT2D eigenvalue weighted by molar-refractivity contribution is 7.89. The molecule has 1 aliphatic rings. The molecule has 1 amide bonds. The minimum absolute atomic E-state index is 0.00219. The van der Waals surface area contributed by atoms with E-state index in [1.165, 1.54) is 35.1 Å². The molecule has 0 unspecified atom stereocenters. The van der Waals surface area contributed by atoms with Crippen molar-refractivity contribution >= 4 is 33.1 Å². The summed E-state index contributed by atoms with van der Waals surface area (Å²) >= 11 is 0. The van der Waals surface area contributed by atoms with Gasteiger partial charge in [0.1, 0.15) is 34.5 Å². The number of anilines is 2. The number of sulfonamides is 1. The van der Waals surface area contributed by atoms with E-state index in [0.29, 0.717) is 37.2 Å². The maximum atomic E-state index is 13.8. The third kappa shape index (κ3) is 6.21. The standard InChI is InChI=1S/C27H25F5N6O3S/c1-16-12-20(29)6-7-22(16)36-24-21(26(39)37-10-8-18(9-11-37)17-2-4-19(28)5-3-17)13-33-25-23(14-34-38(24)25)42(40,41)35-15-27(30,31)32/h2-7,12-14,18,35-36H,8-11,15H2,1H3. The Kier molecular flexibility index (Phi) is 7.90. The van der Waals surface area contributed by atoms with Gasteiger partial charge in [0.15, 0.2) is 5.65 Å². The van der Waals surface area contributed by atoms with Gasteiger partial charge in [0.05, 0.1) is 6.20 Å². The first-order chi connectivity index (χ1) is 19.8. The SMILES string of the molecule is Cc1cc(F)ccc1Nc1c(C(=O)N2CCC(c3ccc(F)cc3)CC2)cnc2c(S(=O)(=O)NCC(F)(F)F)cnn12. The van der Waals surface area contributed by atoms with E-state index < -0.39 is 39.4 Å². The van der Waals surface area contributed by atoms with Crippen LogP contribution in [0.2, 0.25) is 0 Å². The third-order valence-corrected chi connectivity index (χ3v) is 8.43. The fourth-order valence-electron chi connectivity index (χ4n) is 4.85. The highest BCUT2D eigenvalue weighted by Gasteiger charge is 2.33. The number of carbonyl (C=O) groups is 1. The van der Waals surface area contributed by atoms with Crippen molar-refractivity contribution in [3.05, 3.63) is 83.2 Å². The van der Waals surface area contributed by atoms with Gasteiger partial charge >= 0.3 is 6.18 Å². The molecular formula is C27H25F5N6O3S. The summed E-state index contributed by atoms with van der Waals surface area (Å²) in [5.74, 6) is -1.16. The Bertz CT molecular complexity index is 1730. The van der Waals surface area contributed by atoms with Crippen LogP contribution in [0.3, 0.4) is 0 Å². The lowest BCUT2D eigenvalue weighted by molar-refractivity contribution is -0.121. The summed E-state index contributed by atoms with van der Waals surface area (Å²) in [4.78, 5) is 18.8. The van der Waals surface area contributed by atoms with Crippen LogP contribution in [0.1, 0.15) is 40.2 Å². The summed E-state index contributed by atoms with van der Waals surface area (Å²) in [6, 6.07) is 10.1. The fraction of sp³-hybridized carbons (Fsp3) is 0.296. The Morgan fingerprint density at radius 1 is 1.02 bits per heavy atom. The lowest BCUT2D eigenvalue weighted by Gasteiger charge is -2.32. The fourth-order valence-corrected chi connectivity index (χ4v) is 5.92. The van der Waals surface area contributed by atoms with Gasteiger partial charge in [-0.3, -0.25) is 4.79 Å². The van der Waals surface area contributed by atoms with Crippen LogP contribution in [-0.2, 0) is 10.0 Å². The minimum Gasteiger partial charge on any atom is -0.339 e. The zero-order chi connectivity index (χ0) is 30.2. The molecule has 1 saturated heterocycles. The van der Waals surface area contributed by atoms with Crippen molar-refractivity contribution in [1.82, 2.24) is 24.2 Å². The second-order valence-corrected chi connectivity index (χ2v) is 11.6. The average Bonchev–Trinajstić information content (AvgIpc) is 3.39. The number of hydrogen-bond donors (Lipinski definition) is 2. The number of amides is 1. The predicted molar refractivity (Wildman–Crippen MR) is 143 cm³/mol. The zero-order valence-corrected chi connectivity index (χ0v) is 22.9. The number of likely N-dealkylation sites (tertiary alicyclic amines) is 1. The Balaban J connectivity index is 1.49. The second-order valence-electron chi connectivity index (χ2n) is 9.91. The zero-order valence-electron chi connectivity index (χ0n) is 22.1. The summed E-state index contributed by atoms with van der Waals surface area (Å²) in [6.07, 6.45) is -1.59. The van der Waals surface area contributed by atoms with Gasteiger partial charge in [0.2, 0.25) is 10.0 Å². The number of alkyl halides is 3. The Morgan fingerprint density at radius 2 is 1.69 bits per heavy atom. The van der Waals surface area contributed by atoms with Crippen LogP contribution in [-0.4, -0.2) is 59.6 Å². The van der Waals surface area contributed by atoms with Crippen LogP contribution < -0.4 is 10.0 Å². The van der Waals surface area contributed by atoms with E-state index in [4.69, 9.17) is 0 Å². The van der Waals surface area contributed by atoms with Crippen molar-refractivity contribution in [2.75, 3.05) is 25.0 Å². The van der Waals surface area contributed by atoms with E-state index in [1.807, 2.05) is 0 Å². The summed E-state index contributed by atoms with van der Waals surface area (Å²) in [5, 5.41) is 7.04. The van der Waals surface area contributed by atoms with E-state index in [-0.39, 0.29) is 28.8 Å². The number of hydrogen-bond acceptors (Lipinski definition) is 6. The van der Waals surface area contributed by atoms with Crippen LogP contribution in [0.4, 0.5) is 33.5 Å². The number of rotatable bonds is 7. The first kappa shape index (κ1) is 29.4. The molecule has 4 aromatic rings. The molecular weight excluding hydrogens is 583 g/mol. The van der Waals surface area contributed by atoms with Gasteiger partial charge in [-0.15, -0.1) is 0 Å². The smallest absolute Gasteiger partial charge is 0.339 e. The molecule has 0 radical (unpaired) electrons.